The number of aldehydes is 1. The van der Waals surface area contributed by atoms with E-state index in [2.05, 4.69) is 133 Å². The molecule has 7 rings (SSSR count). The Bertz CT molecular complexity index is 1980. The van der Waals surface area contributed by atoms with Crippen molar-refractivity contribution in [2.45, 2.75) is 0 Å². The van der Waals surface area contributed by atoms with Crippen LogP contribution in [0.25, 0.3) is 65.7 Å². The lowest BCUT2D eigenvalue weighted by atomic mass is 9.81. The van der Waals surface area contributed by atoms with Gasteiger partial charge in [0.15, 0.2) is 6.29 Å². The van der Waals surface area contributed by atoms with Crippen molar-refractivity contribution in [3.05, 3.63) is 145 Å². The molecule has 178 valence electrons. The summed E-state index contributed by atoms with van der Waals surface area (Å²) in [5.74, 6) is 0. The van der Waals surface area contributed by atoms with E-state index in [1.807, 2.05) is 6.07 Å². The molecule has 0 bridgehead atoms. The van der Waals surface area contributed by atoms with Gasteiger partial charge in [-0.05, 0) is 60.1 Å². The number of hydrogen-bond donors (Lipinski definition) is 0. The molecule has 1 heteroatoms. The van der Waals surface area contributed by atoms with Gasteiger partial charge in [0, 0.05) is 11.1 Å². The van der Waals surface area contributed by atoms with Gasteiger partial charge in [-0.3, -0.25) is 4.79 Å². The molecule has 0 saturated heterocycles. The summed E-state index contributed by atoms with van der Waals surface area (Å²) in [6.45, 7) is 0. The van der Waals surface area contributed by atoms with Gasteiger partial charge in [0.05, 0.1) is 0 Å². The third-order valence-corrected chi connectivity index (χ3v) is 7.56. The highest BCUT2D eigenvalue weighted by Crippen LogP contribution is 2.47. The first-order valence-corrected chi connectivity index (χ1v) is 12.9. The molecule has 7 aromatic carbocycles. The summed E-state index contributed by atoms with van der Waals surface area (Å²) in [7, 11) is 0. The molecule has 0 N–H and O–H groups in total. The summed E-state index contributed by atoms with van der Waals surface area (Å²) in [5, 5.41) is 7.02. The second-order valence-corrected chi connectivity index (χ2v) is 9.65. The molecule has 0 saturated carbocycles. The van der Waals surface area contributed by atoms with E-state index in [9.17, 15) is 4.79 Å². The number of carbonyl (C=O) groups excluding carboxylic acids is 1. The lowest BCUT2D eigenvalue weighted by Gasteiger charge is -2.21. The minimum absolute atomic E-state index is 0.688. The zero-order chi connectivity index (χ0) is 25.5. The summed E-state index contributed by atoms with van der Waals surface area (Å²) < 4.78 is 0. The van der Waals surface area contributed by atoms with Gasteiger partial charge in [-0.15, -0.1) is 0 Å². The first kappa shape index (κ1) is 22.2. The van der Waals surface area contributed by atoms with E-state index in [1.54, 1.807) is 0 Å². The Labute approximate surface area is 221 Å². The summed E-state index contributed by atoms with van der Waals surface area (Å²) in [6, 6.07) is 48.8. The van der Waals surface area contributed by atoms with Crippen LogP contribution in [0.5, 0.6) is 0 Å². The molecule has 0 aliphatic heterocycles. The van der Waals surface area contributed by atoms with Crippen molar-refractivity contribution in [1.82, 2.24) is 0 Å². The molecule has 0 fully saturated rings. The summed E-state index contributed by atoms with van der Waals surface area (Å²) in [4.78, 5) is 12.6. The average molecular weight is 485 g/mol. The van der Waals surface area contributed by atoms with Gasteiger partial charge in [0.2, 0.25) is 0 Å². The number of hydrogen-bond acceptors (Lipinski definition) is 1. The van der Waals surface area contributed by atoms with Crippen molar-refractivity contribution in [3.63, 3.8) is 0 Å². The molecule has 0 spiro atoms. The smallest absolute Gasteiger partial charge is 0.150 e. The van der Waals surface area contributed by atoms with Crippen molar-refractivity contribution < 1.29 is 4.79 Å². The topological polar surface area (TPSA) is 17.1 Å². The highest BCUT2D eigenvalue weighted by molar-refractivity contribution is 6.14. The van der Waals surface area contributed by atoms with Gasteiger partial charge in [0.1, 0.15) is 0 Å². The third kappa shape index (κ3) is 3.52. The monoisotopic (exact) mass is 484 g/mol. The van der Waals surface area contributed by atoms with Crippen LogP contribution in [0.2, 0.25) is 0 Å². The zero-order valence-corrected chi connectivity index (χ0v) is 20.8. The van der Waals surface area contributed by atoms with Gasteiger partial charge < -0.3 is 0 Å². The van der Waals surface area contributed by atoms with Gasteiger partial charge in [-0.2, -0.15) is 0 Å². The van der Waals surface area contributed by atoms with Crippen LogP contribution in [-0.2, 0) is 0 Å². The molecular formula is C37H24O. The fourth-order valence-electron chi connectivity index (χ4n) is 5.86. The average Bonchev–Trinajstić information content (AvgIpc) is 2.99. The quantitative estimate of drug-likeness (QED) is 0.227. The van der Waals surface area contributed by atoms with Gasteiger partial charge in [-0.25, -0.2) is 0 Å². The summed E-state index contributed by atoms with van der Waals surface area (Å²) >= 11 is 0. The molecule has 0 heterocycles. The van der Waals surface area contributed by atoms with Crippen LogP contribution < -0.4 is 0 Å². The van der Waals surface area contributed by atoms with Crippen LogP contribution in [0.1, 0.15) is 10.4 Å². The minimum atomic E-state index is 0.688. The van der Waals surface area contributed by atoms with E-state index in [0.29, 0.717) is 5.56 Å². The molecule has 0 amide bonds. The second-order valence-electron chi connectivity index (χ2n) is 9.65. The normalized spacial score (nSPS) is 11.3. The van der Waals surface area contributed by atoms with Crippen molar-refractivity contribution in [2.75, 3.05) is 0 Å². The lowest BCUT2D eigenvalue weighted by molar-refractivity contribution is 0.112. The Balaban J connectivity index is 1.70. The van der Waals surface area contributed by atoms with E-state index < -0.39 is 0 Å². The molecule has 0 aliphatic rings. The SMILES string of the molecule is O=Cc1ccc(-c2cccc3ccccc23)c(-c2cccc3ccccc23)c1-c1cccc2ccccc12. The molecule has 1 nitrogen and oxygen atoms in total. The maximum atomic E-state index is 12.6. The molecule has 0 unspecified atom stereocenters. The Kier molecular flexibility index (Phi) is 5.34. The molecule has 0 atom stereocenters. The molecule has 0 aliphatic carbocycles. The third-order valence-electron chi connectivity index (χ3n) is 7.56. The molecule has 0 radical (unpaired) electrons. The molecular weight excluding hydrogens is 460 g/mol. The van der Waals surface area contributed by atoms with Crippen molar-refractivity contribution in [1.29, 1.82) is 0 Å². The Hall–Kier alpha value is -5.01. The number of benzene rings is 7. The Morgan fingerprint density at radius 1 is 0.342 bits per heavy atom. The van der Waals surface area contributed by atoms with Crippen LogP contribution in [0.3, 0.4) is 0 Å². The van der Waals surface area contributed by atoms with Gasteiger partial charge in [-0.1, -0.05) is 140 Å². The largest absolute Gasteiger partial charge is 0.298 e. The van der Waals surface area contributed by atoms with E-state index in [0.717, 1.165) is 50.4 Å². The van der Waals surface area contributed by atoms with Crippen LogP contribution in [0.4, 0.5) is 0 Å². The summed E-state index contributed by atoms with van der Waals surface area (Å²) in [6.07, 6.45) is 0.999. The number of rotatable bonds is 4. The molecule has 0 aromatic heterocycles. The van der Waals surface area contributed by atoms with Crippen LogP contribution in [0, 0.1) is 0 Å². The number of fused-ring (bicyclic) bond motifs is 3. The van der Waals surface area contributed by atoms with E-state index >= 15 is 0 Å². The van der Waals surface area contributed by atoms with Crippen LogP contribution in [-0.4, -0.2) is 6.29 Å². The predicted molar refractivity (Wildman–Crippen MR) is 161 cm³/mol. The first-order chi connectivity index (χ1) is 18.8. The van der Waals surface area contributed by atoms with E-state index in [1.165, 1.54) is 21.5 Å². The van der Waals surface area contributed by atoms with Crippen molar-refractivity contribution in [2.24, 2.45) is 0 Å². The Morgan fingerprint density at radius 2 is 0.763 bits per heavy atom. The van der Waals surface area contributed by atoms with Gasteiger partial charge in [0.25, 0.3) is 0 Å². The predicted octanol–water partition coefficient (Wildman–Crippen LogP) is 9.96. The lowest BCUT2D eigenvalue weighted by Crippen LogP contribution is -1.97. The highest BCUT2D eigenvalue weighted by Gasteiger charge is 2.21. The maximum Gasteiger partial charge on any atom is 0.150 e. The van der Waals surface area contributed by atoms with E-state index in [4.69, 9.17) is 0 Å². The molecule has 38 heavy (non-hydrogen) atoms. The van der Waals surface area contributed by atoms with E-state index in [-0.39, 0.29) is 0 Å². The fourth-order valence-corrected chi connectivity index (χ4v) is 5.86. The van der Waals surface area contributed by atoms with Crippen molar-refractivity contribution >= 4 is 38.6 Å². The van der Waals surface area contributed by atoms with Crippen LogP contribution in [0.15, 0.2) is 140 Å². The first-order valence-electron chi connectivity index (χ1n) is 12.9. The second kappa shape index (κ2) is 9.14. The molecule has 7 aromatic rings. The number of carbonyl (C=O) groups is 1. The maximum absolute atomic E-state index is 12.6. The van der Waals surface area contributed by atoms with Gasteiger partial charge >= 0.3 is 0 Å². The Morgan fingerprint density at radius 3 is 1.29 bits per heavy atom. The summed E-state index contributed by atoms with van der Waals surface area (Å²) in [5.41, 5.74) is 7.20. The van der Waals surface area contributed by atoms with Crippen molar-refractivity contribution in [3.8, 4) is 33.4 Å². The highest BCUT2D eigenvalue weighted by atomic mass is 16.1. The fraction of sp³-hybridized carbons (Fsp3) is 0. The minimum Gasteiger partial charge on any atom is -0.298 e. The zero-order valence-electron chi connectivity index (χ0n) is 20.8. The standard InChI is InChI=1S/C37H24O/c38-24-28-22-23-35(32-19-7-13-25-10-1-4-16-29(25)32)37(34-21-9-15-27-12-3-6-18-31(27)34)36(28)33-20-8-14-26-11-2-5-17-30(26)33/h1-24H. The van der Waals surface area contributed by atoms with Crippen LogP contribution >= 0.6 is 0 Å².